The van der Waals surface area contributed by atoms with Crippen LogP contribution in [-0.4, -0.2) is 52.1 Å². The number of ether oxygens (including phenoxy) is 1. The van der Waals surface area contributed by atoms with E-state index in [0.29, 0.717) is 12.1 Å². The van der Waals surface area contributed by atoms with Crippen LogP contribution >= 0.6 is 0 Å². The first kappa shape index (κ1) is 22.1. The summed E-state index contributed by atoms with van der Waals surface area (Å²) in [4.78, 5) is 20.3. The van der Waals surface area contributed by atoms with Crippen LogP contribution in [0.4, 0.5) is 5.82 Å². The van der Waals surface area contributed by atoms with Crippen LogP contribution in [0.1, 0.15) is 41.4 Å². The summed E-state index contributed by atoms with van der Waals surface area (Å²) in [6.07, 6.45) is 8.96. The molecule has 1 unspecified atom stereocenters. The molecule has 1 aliphatic rings. The van der Waals surface area contributed by atoms with Crippen LogP contribution < -0.4 is 15.4 Å². The zero-order chi connectivity index (χ0) is 22.2. The minimum atomic E-state index is 0.301. The maximum Gasteiger partial charge on any atom is 0.318 e. The van der Waals surface area contributed by atoms with Gasteiger partial charge in [-0.1, -0.05) is 12.1 Å². The Kier molecular flexibility index (Phi) is 7.58. The van der Waals surface area contributed by atoms with Gasteiger partial charge in [0.1, 0.15) is 5.82 Å². The van der Waals surface area contributed by atoms with Crippen LogP contribution in [0.2, 0.25) is 0 Å². The van der Waals surface area contributed by atoms with E-state index < -0.39 is 0 Å². The molecular weight excluding hydrogens is 402 g/mol. The van der Waals surface area contributed by atoms with E-state index in [2.05, 4.69) is 48.6 Å². The van der Waals surface area contributed by atoms with Crippen molar-refractivity contribution in [3.05, 3.63) is 71.4 Å². The predicted molar refractivity (Wildman–Crippen MR) is 124 cm³/mol. The number of nitrogens with zero attached hydrogens (tertiary/aromatic N) is 5. The maximum absolute atomic E-state index is 5.25. The number of hydrogen-bond acceptors (Lipinski definition) is 8. The largest absolute Gasteiger partial charge is 0.467 e. The normalized spacial score (nSPS) is 15.4. The number of pyridine rings is 2. The van der Waals surface area contributed by atoms with Gasteiger partial charge in [0.25, 0.3) is 0 Å². The van der Waals surface area contributed by atoms with Gasteiger partial charge in [0.2, 0.25) is 0 Å². The van der Waals surface area contributed by atoms with E-state index in [0.717, 1.165) is 56.1 Å². The van der Waals surface area contributed by atoms with Crippen molar-refractivity contribution >= 4 is 5.82 Å². The van der Waals surface area contributed by atoms with Crippen LogP contribution in [0.25, 0.3) is 0 Å². The van der Waals surface area contributed by atoms with Crippen LogP contribution in [0.3, 0.4) is 0 Å². The standard InChI is InChI=1S/C24H31N7O/c1-31(21-10-5-7-18-8-6-12-27-22(18)21)17-19-15-29-24(32-2)30-23(19)28-14-13-25-16-20-9-3-4-11-26-20/h3-4,6,8-9,11-12,15,21,25H,5,7,10,13-14,16-17H2,1-2H3,(H,28,29,30). The Labute approximate surface area is 189 Å². The molecule has 32 heavy (non-hydrogen) atoms. The quantitative estimate of drug-likeness (QED) is 0.472. The van der Waals surface area contributed by atoms with E-state index in [-0.39, 0.29) is 0 Å². The fourth-order valence-electron chi connectivity index (χ4n) is 4.14. The Balaban J connectivity index is 1.38. The van der Waals surface area contributed by atoms with Crippen LogP contribution in [-0.2, 0) is 19.5 Å². The third-order valence-corrected chi connectivity index (χ3v) is 5.77. The third-order valence-electron chi connectivity index (χ3n) is 5.77. The molecule has 0 radical (unpaired) electrons. The van der Waals surface area contributed by atoms with Gasteiger partial charge in [-0.2, -0.15) is 4.98 Å². The summed E-state index contributed by atoms with van der Waals surface area (Å²) in [5.41, 5.74) is 4.63. The summed E-state index contributed by atoms with van der Waals surface area (Å²) in [7, 11) is 3.74. The van der Waals surface area contributed by atoms with E-state index in [1.165, 1.54) is 17.7 Å². The van der Waals surface area contributed by atoms with Gasteiger partial charge in [-0.25, -0.2) is 4.98 Å². The first-order valence-corrected chi connectivity index (χ1v) is 11.1. The highest BCUT2D eigenvalue weighted by Crippen LogP contribution is 2.33. The van der Waals surface area contributed by atoms with Gasteiger partial charge in [0.15, 0.2) is 0 Å². The highest BCUT2D eigenvalue weighted by Gasteiger charge is 2.25. The summed E-state index contributed by atoms with van der Waals surface area (Å²) in [5.74, 6) is 0.806. The SMILES string of the molecule is COc1ncc(CN(C)C2CCCc3cccnc32)c(NCCNCc2ccccn2)n1. The zero-order valence-electron chi connectivity index (χ0n) is 18.8. The third kappa shape index (κ3) is 5.57. The number of aromatic nitrogens is 4. The second-order valence-corrected chi connectivity index (χ2v) is 8.03. The van der Waals surface area contributed by atoms with Gasteiger partial charge in [0.05, 0.1) is 24.5 Å². The number of aryl methyl sites for hydroxylation is 1. The lowest BCUT2D eigenvalue weighted by Gasteiger charge is -2.32. The van der Waals surface area contributed by atoms with Gasteiger partial charge >= 0.3 is 6.01 Å². The number of rotatable bonds is 10. The predicted octanol–water partition coefficient (Wildman–Crippen LogP) is 2.99. The lowest BCUT2D eigenvalue weighted by Crippen LogP contribution is -2.29. The Morgan fingerprint density at radius 3 is 2.84 bits per heavy atom. The molecule has 0 fully saturated rings. The number of fused-ring (bicyclic) bond motifs is 1. The van der Waals surface area contributed by atoms with Crippen molar-refractivity contribution in [2.45, 2.75) is 38.4 Å². The number of anilines is 1. The molecule has 0 aromatic carbocycles. The molecule has 0 bridgehead atoms. The number of methoxy groups -OCH3 is 1. The molecule has 0 aliphatic heterocycles. The Morgan fingerprint density at radius 1 is 1.09 bits per heavy atom. The van der Waals surface area contributed by atoms with Crippen molar-refractivity contribution in [1.29, 1.82) is 0 Å². The summed E-state index contributed by atoms with van der Waals surface area (Å²) in [6, 6.07) is 10.8. The maximum atomic E-state index is 5.25. The molecule has 8 nitrogen and oxygen atoms in total. The highest BCUT2D eigenvalue weighted by molar-refractivity contribution is 5.44. The van der Waals surface area contributed by atoms with E-state index in [1.54, 1.807) is 7.11 Å². The fourth-order valence-corrected chi connectivity index (χ4v) is 4.14. The summed E-state index contributed by atoms with van der Waals surface area (Å²) in [6.45, 7) is 2.99. The smallest absolute Gasteiger partial charge is 0.318 e. The minimum Gasteiger partial charge on any atom is -0.467 e. The van der Waals surface area contributed by atoms with Crippen LogP contribution in [0.5, 0.6) is 6.01 Å². The summed E-state index contributed by atoms with van der Waals surface area (Å²) < 4.78 is 5.25. The molecular formula is C24H31N7O. The van der Waals surface area contributed by atoms with Crippen molar-refractivity contribution < 1.29 is 4.74 Å². The molecule has 4 rings (SSSR count). The second kappa shape index (κ2) is 11.0. The summed E-state index contributed by atoms with van der Waals surface area (Å²) in [5, 5.41) is 6.85. The molecule has 0 amide bonds. The molecule has 3 heterocycles. The van der Waals surface area contributed by atoms with Gasteiger partial charge in [-0.3, -0.25) is 14.9 Å². The van der Waals surface area contributed by atoms with Crippen molar-refractivity contribution in [3.63, 3.8) is 0 Å². The number of nitrogens with one attached hydrogen (secondary N) is 2. The monoisotopic (exact) mass is 433 g/mol. The molecule has 0 saturated heterocycles. The molecule has 1 atom stereocenters. The van der Waals surface area contributed by atoms with Crippen molar-refractivity contribution in [1.82, 2.24) is 30.2 Å². The van der Waals surface area contributed by atoms with Crippen LogP contribution in [0, 0.1) is 0 Å². The average Bonchev–Trinajstić information content (AvgIpc) is 2.85. The molecule has 168 valence electrons. The molecule has 2 N–H and O–H groups in total. The molecule has 0 saturated carbocycles. The van der Waals surface area contributed by atoms with E-state index >= 15 is 0 Å². The van der Waals surface area contributed by atoms with Gasteiger partial charge < -0.3 is 15.4 Å². The number of hydrogen-bond donors (Lipinski definition) is 2. The van der Waals surface area contributed by atoms with Gasteiger partial charge in [-0.05, 0) is 50.1 Å². The first-order chi connectivity index (χ1) is 15.7. The molecule has 3 aromatic rings. The minimum absolute atomic E-state index is 0.301. The van der Waals surface area contributed by atoms with Crippen molar-refractivity contribution in [3.8, 4) is 6.01 Å². The van der Waals surface area contributed by atoms with E-state index in [4.69, 9.17) is 4.74 Å². The molecule has 8 heteroatoms. The molecule has 3 aromatic heterocycles. The lowest BCUT2D eigenvalue weighted by atomic mass is 9.91. The molecule has 1 aliphatic carbocycles. The van der Waals surface area contributed by atoms with Crippen molar-refractivity contribution in [2.75, 3.05) is 32.6 Å². The summed E-state index contributed by atoms with van der Waals surface area (Å²) >= 11 is 0. The molecule has 0 spiro atoms. The topological polar surface area (TPSA) is 88.1 Å². The zero-order valence-corrected chi connectivity index (χ0v) is 18.8. The lowest BCUT2D eigenvalue weighted by molar-refractivity contribution is 0.208. The Hall–Kier alpha value is -3.10. The average molecular weight is 434 g/mol. The Morgan fingerprint density at radius 2 is 2.00 bits per heavy atom. The first-order valence-electron chi connectivity index (χ1n) is 11.1. The fraction of sp³-hybridized carbons (Fsp3) is 0.417. The second-order valence-electron chi connectivity index (χ2n) is 8.03. The van der Waals surface area contributed by atoms with Gasteiger partial charge in [0, 0.05) is 50.3 Å². The van der Waals surface area contributed by atoms with Crippen molar-refractivity contribution in [2.24, 2.45) is 0 Å². The van der Waals surface area contributed by atoms with Crippen LogP contribution in [0.15, 0.2) is 48.9 Å². The van der Waals surface area contributed by atoms with E-state index in [9.17, 15) is 0 Å². The van der Waals surface area contributed by atoms with Gasteiger partial charge in [-0.15, -0.1) is 0 Å². The Bertz CT molecular complexity index is 999. The van der Waals surface area contributed by atoms with E-state index in [1.807, 2.05) is 42.9 Å². The highest BCUT2D eigenvalue weighted by atomic mass is 16.5.